The van der Waals surface area contributed by atoms with Gasteiger partial charge in [-0.25, -0.2) is 0 Å². The van der Waals surface area contributed by atoms with Gasteiger partial charge in [-0.15, -0.1) is 0 Å². The van der Waals surface area contributed by atoms with E-state index in [-0.39, 0.29) is 0 Å². The molecule has 0 atom stereocenters. The quantitative estimate of drug-likeness (QED) is 0.589. The van der Waals surface area contributed by atoms with Crippen molar-refractivity contribution in [2.45, 2.75) is 33.1 Å². The van der Waals surface area contributed by atoms with Gasteiger partial charge in [-0.3, -0.25) is 0 Å². The lowest BCUT2D eigenvalue weighted by Crippen LogP contribution is -1.83. The molecule has 1 aliphatic carbocycles. The number of allylic oxidation sites excluding steroid dienone is 7. The zero-order valence-electron chi connectivity index (χ0n) is 8.64. The van der Waals surface area contributed by atoms with E-state index in [9.17, 15) is 0 Å². The van der Waals surface area contributed by atoms with Gasteiger partial charge in [0.2, 0.25) is 0 Å². The first-order valence-electron chi connectivity index (χ1n) is 4.94. The summed E-state index contributed by atoms with van der Waals surface area (Å²) < 4.78 is 0. The van der Waals surface area contributed by atoms with Gasteiger partial charge in [0, 0.05) is 0 Å². The molecule has 0 aromatic rings. The van der Waals surface area contributed by atoms with Crippen molar-refractivity contribution in [3.63, 3.8) is 0 Å². The Hall–Kier alpha value is -1.04. The maximum absolute atomic E-state index is 3.75. The van der Waals surface area contributed by atoms with Crippen LogP contribution < -0.4 is 0 Å². The Labute approximate surface area is 81.4 Å². The van der Waals surface area contributed by atoms with Crippen LogP contribution in [0.5, 0.6) is 0 Å². The fraction of sp³-hybridized carbons (Fsp3) is 0.385. The molecule has 1 rings (SSSR count). The Morgan fingerprint density at radius 1 is 1.38 bits per heavy atom. The van der Waals surface area contributed by atoms with Crippen LogP contribution in [0.1, 0.15) is 33.1 Å². The Morgan fingerprint density at radius 3 is 2.77 bits per heavy atom. The highest BCUT2D eigenvalue weighted by Crippen LogP contribution is 2.32. The summed E-state index contributed by atoms with van der Waals surface area (Å²) in [6, 6.07) is 0. The van der Waals surface area contributed by atoms with Gasteiger partial charge in [0.25, 0.3) is 0 Å². The van der Waals surface area contributed by atoms with Gasteiger partial charge < -0.3 is 0 Å². The third-order valence-corrected chi connectivity index (χ3v) is 2.47. The molecule has 13 heavy (non-hydrogen) atoms. The van der Waals surface area contributed by atoms with Crippen LogP contribution in [0.15, 0.2) is 47.6 Å². The summed E-state index contributed by atoms with van der Waals surface area (Å²) >= 11 is 0. The Morgan fingerprint density at radius 2 is 2.15 bits per heavy atom. The molecule has 1 aliphatic rings. The molecule has 0 heterocycles. The summed E-state index contributed by atoms with van der Waals surface area (Å²) in [6.45, 7) is 8.00. The Balaban J connectivity index is 2.96. The van der Waals surface area contributed by atoms with E-state index >= 15 is 0 Å². The summed E-state index contributed by atoms with van der Waals surface area (Å²) in [4.78, 5) is 0. The molecular weight excluding hydrogens is 156 g/mol. The van der Waals surface area contributed by atoms with E-state index in [1.165, 1.54) is 36.0 Å². The fourth-order valence-corrected chi connectivity index (χ4v) is 1.89. The summed E-state index contributed by atoms with van der Waals surface area (Å²) in [7, 11) is 0. The monoisotopic (exact) mass is 174 g/mol. The number of hydrogen-bond acceptors (Lipinski definition) is 0. The molecule has 0 radical (unpaired) electrons. The predicted molar refractivity (Wildman–Crippen MR) is 59.6 cm³/mol. The summed E-state index contributed by atoms with van der Waals surface area (Å²) in [5.41, 5.74) is 4.41. The first-order chi connectivity index (χ1) is 6.29. The minimum absolute atomic E-state index is 1.22. The SMILES string of the molecule is C=C/C=C1/CCC/C1=C(C)\C=C/C. The van der Waals surface area contributed by atoms with Crippen LogP contribution in [0.4, 0.5) is 0 Å². The summed E-state index contributed by atoms with van der Waals surface area (Å²) in [6.07, 6.45) is 12.1. The van der Waals surface area contributed by atoms with Crippen molar-refractivity contribution >= 4 is 0 Å². The third kappa shape index (κ3) is 2.45. The first-order valence-corrected chi connectivity index (χ1v) is 4.94. The molecular formula is C13H18. The smallest absolute Gasteiger partial charge is 0.0270 e. The van der Waals surface area contributed by atoms with Crippen LogP contribution >= 0.6 is 0 Å². The van der Waals surface area contributed by atoms with E-state index in [2.05, 4.69) is 38.7 Å². The molecule has 1 fully saturated rings. The van der Waals surface area contributed by atoms with Gasteiger partial charge in [0.15, 0.2) is 0 Å². The zero-order valence-corrected chi connectivity index (χ0v) is 8.64. The molecule has 0 aromatic carbocycles. The second-order valence-corrected chi connectivity index (χ2v) is 3.44. The fourth-order valence-electron chi connectivity index (χ4n) is 1.89. The molecule has 0 bridgehead atoms. The Kier molecular flexibility index (Phi) is 3.75. The molecule has 0 spiro atoms. The van der Waals surface area contributed by atoms with Crippen LogP contribution in [0.25, 0.3) is 0 Å². The normalized spacial score (nSPS) is 24.3. The largest absolute Gasteiger partial charge is 0.0991 e. The summed E-state index contributed by atoms with van der Waals surface area (Å²) in [5, 5.41) is 0. The highest BCUT2D eigenvalue weighted by molar-refractivity contribution is 5.43. The van der Waals surface area contributed by atoms with Crippen molar-refractivity contribution in [3.8, 4) is 0 Å². The Bertz CT molecular complexity index is 274. The van der Waals surface area contributed by atoms with E-state index in [1.54, 1.807) is 0 Å². The van der Waals surface area contributed by atoms with Gasteiger partial charge >= 0.3 is 0 Å². The van der Waals surface area contributed by atoms with Crippen molar-refractivity contribution in [2.75, 3.05) is 0 Å². The van der Waals surface area contributed by atoms with E-state index in [1.807, 2.05) is 6.08 Å². The van der Waals surface area contributed by atoms with Gasteiger partial charge in [0.05, 0.1) is 0 Å². The van der Waals surface area contributed by atoms with Crippen LogP contribution in [-0.4, -0.2) is 0 Å². The molecule has 1 saturated carbocycles. The van der Waals surface area contributed by atoms with Crippen LogP contribution in [0.3, 0.4) is 0 Å². The van der Waals surface area contributed by atoms with Gasteiger partial charge in [-0.05, 0) is 49.8 Å². The molecule has 0 heteroatoms. The first kappa shape index (κ1) is 10.0. The van der Waals surface area contributed by atoms with Crippen molar-refractivity contribution in [1.29, 1.82) is 0 Å². The van der Waals surface area contributed by atoms with E-state index in [0.29, 0.717) is 0 Å². The maximum Gasteiger partial charge on any atom is -0.0270 e. The maximum atomic E-state index is 3.75. The average molecular weight is 174 g/mol. The van der Waals surface area contributed by atoms with Crippen LogP contribution in [0.2, 0.25) is 0 Å². The minimum Gasteiger partial charge on any atom is -0.0991 e. The highest BCUT2D eigenvalue weighted by atomic mass is 14.2. The van der Waals surface area contributed by atoms with E-state index < -0.39 is 0 Å². The molecule has 0 amide bonds. The zero-order chi connectivity index (χ0) is 9.68. The predicted octanol–water partition coefficient (Wildman–Crippen LogP) is 4.18. The molecule has 0 nitrogen and oxygen atoms in total. The third-order valence-electron chi connectivity index (χ3n) is 2.47. The molecule has 0 saturated heterocycles. The van der Waals surface area contributed by atoms with Gasteiger partial charge in [-0.2, -0.15) is 0 Å². The molecule has 0 aliphatic heterocycles. The van der Waals surface area contributed by atoms with Crippen LogP contribution in [-0.2, 0) is 0 Å². The van der Waals surface area contributed by atoms with E-state index in [4.69, 9.17) is 0 Å². The minimum atomic E-state index is 1.22. The van der Waals surface area contributed by atoms with Crippen molar-refractivity contribution in [3.05, 3.63) is 47.6 Å². The van der Waals surface area contributed by atoms with Gasteiger partial charge in [-0.1, -0.05) is 30.9 Å². The molecule has 0 unspecified atom stereocenters. The lowest BCUT2D eigenvalue weighted by atomic mass is 10.0. The second-order valence-electron chi connectivity index (χ2n) is 3.44. The van der Waals surface area contributed by atoms with Crippen molar-refractivity contribution in [1.82, 2.24) is 0 Å². The van der Waals surface area contributed by atoms with Crippen molar-refractivity contribution < 1.29 is 0 Å². The van der Waals surface area contributed by atoms with Crippen LogP contribution in [0, 0.1) is 0 Å². The standard InChI is InChI=1S/C13H18/c1-4-7-11(3)13-10-6-9-12(13)8-5-2/h4-5,7-8H,2,6,9-10H2,1,3H3/b7-4-,12-8-,13-11+. The second kappa shape index (κ2) is 4.86. The topological polar surface area (TPSA) is 0 Å². The van der Waals surface area contributed by atoms with E-state index in [0.717, 1.165) is 0 Å². The molecule has 70 valence electrons. The van der Waals surface area contributed by atoms with Gasteiger partial charge in [0.1, 0.15) is 0 Å². The summed E-state index contributed by atoms with van der Waals surface area (Å²) in [5.74, 6) is 0. The number of rotatable bonds is 2. The highest BCUT2D eigenvalue weighted by Gasteiger charge is 2.13. The lowest BCUT2D eigenvalue weighted by Gasteiger charge is -2.02. The van der Waals surface area contributed by atoms with Crippen molar-refractivity contribution in [2.24, 2.45) is 0 Å². The number of hydrogen-bond donors (Lipinski definition) is 0. The molecule has 0 N–H and O–H groups in total. The average Bonchev–Trinajstić information content (AvgIpc) is 2.54. The molecule has 0 aromatic heterocycles. The lowest BCUT2D eigenvalue weighted by molar-refractivity contribution is 0.930.